The minimum Gasteiger partial charge on any atom is -0.508 e. The van der Waals surface area contributed by atoms with Gasteiger partial charge in [-0.3, -0.25) is 9.59 Å². The molecule has 0 fully saturated rings. The molecule has 0 saturated carbocycles. The number of halogens is 1. The zero-order valence-electron chi connectivity index (χ0n) is 19.5. The van der Waals surface area contributed by atoms with Crippen LogP contribution in [0.1, 0.15) is 61.5 Å². The van der Waals surface area contributed by atoms with Gasteiger partial charge >= 0.3 is 0 Å². The van der Waals surface area contributed by atoms with E-state index in [1.165, 1.54) is 30.3 Å². The Hall–Kier alpha value is -4.18. The number of aromatic hydroxyl groups is 3. The molecule has 5 N–H and O–H groups in total. The van der Waals surface area contributed by atoms with Crippen LogP contribution in [0.3, 0.4) is 0 Å². The van der Waals surface area contributed by atoms with Crippen LogP contribution in [0, 0.1) is 0 Å². The van der Waals surface area contributed by atoms with Gasteiger partial charge in [0.2, 0.25) is 0 Å². The Labute approximate surface area is 251 Å². The van der Waals surface area contributed by atoms with E-state index in [1.807, 2.05) is 12.1 Å². The van der Waals surface area contributed by atoms with Crippen LogP contribution in [0.2, 0.25) is 0 Å². The molecule has 0 bridgehead atoms. The summed E-state index contributed by atoms with van der Waals surface area (Å²) in [5.41, 5.74) is 1.45. The van der Waals surface area contributed by atoms with Gasteiger partial charge < -0.3 is 30.3 Å². The number of rotatable bonds is 6. The number of hydrogen-bond donors (Lipinski definition) is 5. The summed E-state index contributed by atoms with van der Waals surface area (Å²) in [5.74, 6) is -0.674. The van der Waals surface area contributed by atoms with E-state index < -0.39 is 6.79 Å². The second-order valence-electron chi connectivity index (χ2n) is 7.16. The largest absolute Gasteiger partial charge is 0.508 e. The Balaban J connectivity index is -0.000000592. The molecular weight excluding hydrogens is 592 g/mol. The maximum absolute atomic E-state index is 12.1. The molecule has 0 spiro atoms. The molecular formula is C32H41BrO8. The zero-order chi connectivity index (χ0) is 27.2. The number of ketones is 2. The van der Waals surface area contributed by atoms with Gasteiger partial charge in [0.25, 0.3) is 0 Å². The number of alkyl halides is 1. The minimum absolute atomic E-state index is 0. The summed E-state index contributed by atoms with van der Waals surface area (Å²) in [4.78, 5) is 24.0. The van der Waals surface area contributed by atoms with Crippen molar-refractivity contribution in [3.05, 3.63) is 119 Å². The molecule has 9 heteroatoms. The van der Waals surface area contributed by atoms with Crippen molar-refractivity contribution < 1.29 is 39.9 Å². The van der Waals surface area contributed by atoms with Crippen LogP contribution >= 0.6 is 15.9 Å². The number of ether oxygens (including phenoxy) is 1. The third-order valence-electron chi connectivity index (χ3n) is 4.74. The molecule has 0 heterocycles. The van der Waals surface area contributed by atoms with Crippen molar-refractivity contribution in [3.8, 4) is 23.0 Å². The molecule has 0 atom stereocenters. The van der Waals surface area contributed by atoms with Gasteiger partial charge in [-0.05, 0) is 24.3 Å². The van der Waals surface area contributed by atoms with Crippen molar-refractivity contribution in [2.24, 2.45) is 0 Å². The summed E-state index contributed by atoms with van der Waals surface area (Å²) < 4.78 is 4.81. The highest BCUT2D eigenvalue weighted by Crippen LogP contribution is 2.26. The van der Waals surface area contributed by atoms with E-state index in [-0.39, 0.29) is 75.2 Å². The van der Waals surface area contributed by atoms with E-state index in [0.717, 1.165) is 6.07 Å². The Morgan fingerprint density at radius 3 is 1.37 bits per heavy atom. The molecule has 41 heavy (non-hydrogen) atoms. The van der Waals surface area contributed by atoms with E-state index in [2.05, 4.69) is 15.9 Å². The summed E-state index contributed by atoms with van der Waals surface area (Å²) in [6.45, 7) is -0.481. The van der Waals surface area contributed by atoms with Crippen molar-refractivity contribution in [1.29, 1.82) is 0 Å². The quantitative estimate of drug-likeness (QED) is 0.0855. The highest BCUT2D eigenvalue weighted by molar-refractivity contribution is 9.09. The fourth-order valence-corrected chi connectivity index (χ4v) is 3.07. The molecule has 0 amide bonds. The lowest BCUT2D eigenvalue weighted by molar-refractivity contribution is 0.0981. The van der Waals surface area contributed by atoms with Crippen LogP contribution in [0.5, 0.6) is 23.0 Å². The molecule has 0 unspecified atom stereocenters. The summed E-state index contributed by atoms with van der Waals surface area (Å²) in [7, 11) is 0. The first-order valence-electron chi connectivity index (χ1n) is 10.8. The van der Waals surface area contributed by atoms with Gasteiger partial charge in [0.15, 0.2) is 18.4 Å². The maximum atomic E-state index is 12.1. The van der Waals surface area contributed by atoms with Gasteiger partial charge in [-0.25, -0.2) is 0 Å². The average Bonchev–Trinajstić information content (AvgIpc) is 2.90. The van der Waals surface area contributed by atoms with Crippen LogP contribution in [0.15, 0.2) is 97.1 Å². The standard InChI is InChI=1S/C14H12O4.C13H10O3.CH3BrO.4CH4/c15-9-18-11-6-7-12(13(16)8-11)14(17)10-4-2-1-3-5-10;14-10-6-7-11(12(15)8-10)13(16)9-4-2-1-3-5-9;2-1-3;;;;/h1-8,15-16H,9H2;1-8,14-15H;3H,1H2;4*1H4. The van der Waals surface area contributed by atoms with Crippen LogP contribution in [-0.4, -0.2) is 49.4 Å². The van der Waals surface area contributed by atoms with Crippen molar-refractivity contribution in [3.63, 3.8) is 0 Å². The third kappa shape index (κ3) is 12.7. The van der Waals surface area contributed by atoms with Gasteiger partial charge in [0.1, 0.15) is 23.0 Å². The third-order valence-corrected chi connectivity index (χ3v) is 4.74. The molecule has 0 aliphatic carbocycles. The van der Waals surface area contributed by atoms with E-state index in [9.17, 15) is 19.8 Å². The highest BCUT2D eigenvalue weighted by Gasteiger charge is 2.14. The van der Waals surface area contributed by atoms with Gasteiger partial charge in [-0.1, -0.05) is 106 Å². The lowest BCUT2D eigenvalue weighted by Gasteiger charge is -2.07. The lowest BCUT2D eigenvalue weighted by atomic mass is 10.0. The first kappa shape index (κ1) is 41.3. The van der Waals surface area contributed by atoms with E-state index in [4.69, 9.17) is 20.1 Å². The first-order chi connectivity index (χ1) is 17.8. The van der Waals surface area contributed by atoms with E-state index in [1.54, 1.807) is 48.5 Å². The lowest BCUT2D eigenvalue weighted by Crippen LogP contribution is -2.02. The highest BCUT2D eigenvalue weighted by atomic mass is 79.9. The summed E-state index contributed by atoms with van der Waals surface area (Å²) in [6.07, 6.45) is 0. The number of carbonyl (C=O) groups excluding carboxylic acids is 2. The van der Waals surface area contributed by atoms with Crippen LogP contribution in [0.25, 0.3) is 0 Å². The second kappa shape index (κ2) is 21.6. The topological polar surface area (TPSA) is 145 Å². The predicted octanol–water partition coefficient (Wildman–Crippen LogP) is 7.16. The van der Waals surface area contributed by atoms with Crippen molar-refractivity contribution in [2.75, 3.05) is 12.3 Å². The molecule has 0 saturated heterocycles. The molecule has 0 aliphatic rings. The average molecular weight is 634 g/mol. The summed E-state index contributed by atoms with van der Waals surface area (Å²) >= 11 is 2.70. The fraction of sp³-hybridized carbons (Fsp3) is 0.188. The molecule has 0 aromatic heterocycles. The van der Waals surface area contributed by atoms with Crippen LogP contribution in [0.4, 0.5) is 0 Å². The normalized spacial score (nSPS) is 8.76. The Morgan fingerprint density at radius 1 is 0.610 bits per heavy atom. The molecule has 4 rings (SSSR count). The van der Waals surface area contributed by atoms with Gasteiger partial charge in [-0.15, -0.1) is 0 Å². The number of aliphatic hydroxyl groups excluding tert-OH is 2. The molecule has 4 aromatic rings. The number of phenolic OH excluding ortho intramolecular Hbond substituents is 3. The van der Waals surface area contributed by atoms with Gasteiger partial charge in [0, 0.05) is 23.3 Å². The van der Waals surface area contributed by atoms with Gasteiger partial charge in [-0.2, -0.15) is 0 Å². The maximum Gasteiger partial charge on any atom is 0.196 e. The summed E-state index contributed by atoms with van der Waals surface area (Å²) in [6, 6.07) is 25.6. The van der Waals surface area contributed by atoms with Crippen LogP contribution < -0.4 is 4.74 Å². The Morgan fingerprint density at radius 2 is 1.00 bits per heavy atom. The van der Waals surface area contributed by atoms with Crippen molar-refractivity contribution in [2.45, 2.75) is 29.7 Å². The van der Waals surface area contributed by atoms with E-state index in [0.29, 0.717) is 16.9 Å². The number of phenols is 3. The first-order valence-corrected chi connectivity index (χ1v) is 11.9. The summed E-state index contributed by atoms with van der Waals surface area (Å²) in [5, 5.41) is 44.5. The Bertz CT molecular complexity index is 1300. The van der Waals surface area contributed by atoms with Crippen LogP contribution in [-0.2, 0) is 0 Å². The van der Waals surface area contributed by atoms with Crippen molar-refractivity contribution in [1.82, 2.24) is 0 Å². The van der Waals surface area contributed by atoms with Crippen molar-refractivity contribution >= 4 is 27.5 Å². The fourth-order valence-electron chi connectivity index (χ4n) is 3.07. The molecule has 224 valence electrons. The number of hydrogen-bond acceptors (Lipinski definition) is 8. The smallest absolute Gasteiger partial charge is 0.196 e. The molecule has 0 aliphatic heterocycles. The minimum atomic E-state index is -0.481. The molecule has 4 aromatic carbocycles. The predicted molar refractivity (Wildman–Crippen MR) is 168 cm³/mol. The number of benzene rings is 4. The Kier molecular flexibility index (Phi) is 21.8. The monoisotopic (exact) mass is 632 g/mol. The molecule has 0 radical (unpaired) electrons. The zero-order valence-corrected chi connectivity index (χ0v) is 21.1. The molecule has 8 nitrogen and oxygen atoms in total. The SMILES string of the molecule is C.C.C.C.O=C(c1ccccc1)c1ccc(O)cc1O.O=C(c1ccccc1)c1ccc(OCO)cc1O.OCBr. The van der Waals surface area contributed by atoms with E-state index >= 15 is 0 Å². The number of aliphatic hydroxyl groups is 2. The second-order valence-corrected chi connectivity index (χ2v) is 7.67. The number of carbonyl (C=O) groups is 2. The van der Waals surface area contributed by atoms with Gasteiger partial charge in [0.05, 0.1) is 16.6 Å².